The molecule has 1 N–H and O–H groups in total. The Labute approximate surface area is 204 Å². The van der Waals surface area contributed by atoms with Crippen LogP contribution in [-0.2, 0) is 21.3 Å². The minimum absolute atomic E-state index is 0.0921. The van der Waals surface area contributed by atoms with E-state index in [4.69, 9.17) is 21.1 Å². The van der Waals surface area contributed by atoms with Crippen molar-refractivity contribution < 1.29 is 17.9 Å². The van der Waals surface area contributed by atoms with E-state index in [-0.39, 0.29) is 11.8 Å². The lowest BCUT2D eigenvalue weighted by atomic mass is 10.2. The Bertz CT molecular complexity index is 1190. The molecule has 0 aliphatic heterocycles. The van der Waals surface area contributed by atoms with E-state index < -0.39 is 21.4 Å². The number of unbranched alkanes of at least 4 members (excludes halogenated alkanes) is 2. The van der Waals surface area contributed by atoms with Gasteiger partial charge in [-0.15, -0.1) is 10.2 Å². The van der Waals surface area contributed by atoms with E-state index in [1.165, 1.54) is 33.5 Å². The minimum atomic E-state index is -3.97. The quantitative estimate of drug-likeness (QED) is 0.364. The normalized spacial score (nSPS) is 13.4. The highest BCUT2D eigenvalue weighted by Gasteiger charge is 2.34. The molecule has 184 valence electrons. The molecule has 3 aromatic rings. The first-order chi connectivity index (χ1) is 16.3. The minimum Gasteiger partial charge on any atom is -0.481 e. The molecule has 13 heteroatoms. The van der Waals surface area contributed by atoms with E-state index in [0.29, 0.717) is 29.0 Å². The van der Waals surface area contributed by atoms with Crippen LogP contribution < -0.4 is 9.46 Å². The summed E-state index contributed by atoms with van der Waals surface area (Å²) >= 11 is 5.85. The standard InChI is InChI=1S/C21H28ClN7O4S/c1-5-6-7-11-29-20(16-9-8-10-17(25-16)32-3)26-27-21(29)28-34(30,31)14(2)18(33-4)19-23-12-15(22)13-24-19/h8-10,12-14,18H,5-7,11H2,1-4H3,(H,27,28)/t14-,18-/m0/s1. The number of nitrogens with zero attached hydrogens (tertiary/aromatic N) is 6. The van der Waals surface area contributed by atoms with Gasteiger partial charge < -0.3 is 9.47 Å². The van der Waals surface area contributed by atoms with Gasteiger partial charge in [0.25, 0.3) is 0 Å². The number of hydrogen-bond donors (Lipinski definition) is 1. The maximum absolute atomic E-state index is 13.3. The summed E-state index contributed by atoms with van der Waals surface area (Å²) in [5, 5.41) is 7.63. The van der Waals surface area contributed by atoms with Crippen molar-refractivity contribution in [3.63, 3.8) is 0 Å². The molecule has 3 rings (SSSR count). The van der Waals surface area contributed by atoms with Crippen LogP contribution in [-0.4, -0.2) is 57.6 Å². The van der Waals surface area contributed by atoms with Gasteiger partial charge in [-0.1, -0.05) is 37.4 Å². The first-order valence-electron chi connectivity index (χ1n) is 10.8. The van der Waals surface area contributed by atoms with Crippen molar-refractivity contribution >= 4 is 27.6 Å². The molecule has 0 unspecified atom stereocenters. The first-order valence-corrected chi connectivity index (χ1v) is 12.7. The zero-order valence-electron chi connectivity index (χ0n) is 19.5. The maximum atomic E-state index is 13.3. The molecule has 3 aromatic heterocycles. The smallest absolute Gasteiger partial charge is 0.240 e. The molecule has 3 heterocycles. The molecule has 11 nitrogen and oxygen atoms in total. The third-order valence-electron chi connectivity index (χ3n) is 5.20. The van der Waals surface area contributed by atoms with Crippen molar-refractivity contribution in [2.24, 2.45) is 0 Å². The van der Waals surface area contributed by atoms with Crippen LogP contribution in [0.5, 0.6) is 5.88 Å². The second-order valence-corrected chi connectivity index (χ2v) is 10.0. The molecule has 0 aromatic carbocycles. The van der Waals surface area contributed by atoms with E-state index in [2.05, 4.69) is 36.8 Å². The second kappa shape index (κ2) is 11.5. The summed E-state index contributed by atoms with van der Waals surface area (Å²) in [6.45, 7) is 4.11. The fraction of sp³-hybridized carbons (Fsp3) is 0.476. The topological polar surface area (TPSA) is 134 Å². The van der Waals surface area contributed by atoms with Crippen LogP contribution in [0.3, 0.4) is 0 Å². The number of ether oxygens (including phenoxy) is 2. The summed E-state index contributed by atoms with van der Waals surface area (Å²) in [7, 11) is -1.05. The van der Waals surface area contributed by atoms with Gasteiger partial charge in [0.2, 0.25) is 21.9 Å². The van der Waals surface area contributed by atoms with Gasteiger partial charge in [0.05, 0.1) is 12.1 Å². The zero-order valence-corrected chi connectivity index (χ0v) is 21.0. The number of sulfonamides is 1. The van der Waals surface area contributed by atoms with Crippen LogP contribution in [0.1, 0.15) is 45.0 Å². The molecule has 0 saturated carbocycles. The van der Waals surface area contributed by atoms with Crippen LogP contribution in [0.4, 0.5) is 5.95 Å². The molecule has 0 aliphatic rings. The van der Waals surface area contributed by atoms with Crippen LogP contribution >= 0.6 is 11.6 Å². The van der Waals surface area contributed by atoms with Gasteiger partial charge in [0, 0.05) is 32.1 Å². The van der Waals surface area contributed by atoms with Gasteiger partial charge in [0.15, 0.2) is 11.6 Å². The number of nitrogens with one attached hydrogen (secondary N) is 1. The Morgan fingerprint density at radius 1 is 1.15 bits per heavy atom. The molecule has 2 atom stereocenters. The third kappa shape index (κ3) is 5.99. The van der Waals surface area contributed by atoms with Gasteiger partial charge in [-0.2, -0.15) is 0 Å². The lowest BCUT2D eigenvalue weighted by Gasteiger charge is -2.22. The Hall–Kier alpha value is -2.83. The summed E-state index contributed by atoms with van der Waals surface area (Å²) in [5.74, 6) is 1.15. The van der Waals surface area contributed by atoms with E-state index >= 15 is 0 Å². The number of halogens is 1. The predicted octanol–water partition coefficient (Wildman–Crippen LogP) is 3.50. The molecule has 0 amide bonds. The molecular weight excluding hydrogens is 482 g/mol. The van der Waals surface area contributed by atoms with Crippen molar-refractivity contribution in [3.05, 3.63) is 41.4 Å². The van der Waals surface area contributed by atoms with E-state index in [1.54, 1.807) is 22.8 Å². The first kappa shape index (κ1) is 25.8. The van der Waals surface area contributed by atoms with Crippen molar-refractivity contribution in [1.29, 1.82) is 0 Å². The molecule has 0 radical (unpaired) electrons. The van der Waals surface area contributed by atoms with Gasteiger partial charge >= 0.3 is 0 Å². The van der Waals surface area contributed by atoms with Crippen LogP contribution in [0.25, 0.3) is 11.5 Å². The molecular formula is C21H28ClN7O4S. The number of methoxy groups -OCH3 is 2. The van der Waals surface area contributed by atoms with Crippen LogP contribution in [0, 0.1) is 0 Å². The van der Waals surface area contributed by atoms with Crippen LogP contribution in [0.2, 0.25) is 5.02 Å². The molecule has 0 fully saturated rings. The van der Waals surface area contributed by atoms with Gasteiger partial charge in [-0.25, -0.2) is 23.4 Å². The highest BCUT2D eigenvalue weighted by Crippen LogP contribution is 2.27. The predicted molar refractivity (Wildman–Crippen MR) is 128 cm³/mol. The molecule has 0 saturated heterocycles. The average molecular weight is 510 g/mol. The Morgan fingerprint density at radius 2 is 1.88 bits per heavy atom. The summed E-state index contributed by atoms with van der Waals surface area (Å²) in [5.41, 5.74) is 0.520. The van der Waals surface area contributed by atoms with Crippen molar-refractivity contribution in [2.75, 3.05) is 18.9 Å². The molecule has 0 spiro atoms. The van der Waals surface area contributed by atoms with E-state index in [9.17, 15) is 8.42 Å². The lowest BCUT2D eigenvalue weighted by Crippen LogP contribution is -2.33. The fourth-order valence-electron chi connectivity index (χ4n) is 3.31. The Balaban J connectivity index is 1.93. The monoisotopic (exact) mass is 509 g/mol. The largest absolute Gasteiger partial charge is 0.481 e. The second-order valence-electron chi connectivity index (χ2n) is 7.54. The summed E-state index contributed by atoms with van der Waals surface area (Å²) in [4.78, 5) is 12.6. The van der Waals surface area contributed by atoms with Crippen LogP contribution in [0.15, 0.2) is 30.6 Å². The number of rotatable bonds is 12. The number of hydrogen-bond acceptors (Lipinski definition) is 9. The van der Waals surface area contributed by atoms with Gasteiger partial charge in [-0.3, -0.25) is 9.29 Å². The summed E-state index contributed by atoms with van der Waals surface area (Å²) in [6.07, 6.45) is 4.64. The number of pyridine rings is 1. The number of aromatic nitrogens is 6. The van der Waals surface area contributed by atoms with Crippen molar-refractivity contribution in [1.82, 2.24) is 29.7 Å². The maximum Gasteiger partial charge on any atom is 0.240 e. The van der Waals surface area contributed by atoms with E-state index in [0.717, 1.165) is 19.3 Å². The average Bonchev–Trinajstić information content (AvgIpc) is 3.22. The van der Waals surface area contributed by atoms with Gasteiger partial charge in [0.1, 0.15) is 17.0 Å². The zero-order chi connectivity index (χ0) is 24.7. The van der Waals surface area contributed by atoms with Crippen molar-refractivity contribution in [2.45, 2.75) is 51.0 Å². The van der Waals surface area contributed by atoms with Gasteiger partial charge in [-0.05, 0) is 19.4 Å². The van der Waals surface area contributed by atoms with Crippen molar-refractivity contribution in [3.8, 4) is 17.4 Å². The Kier molecular flexibility index (Phi) is 8.75. The SMILES string of the molecule is CCCCCn1c(NS(=O)(=O)[C@@H](C)[C@H](OC)c2ncc(Cl)cn2)nnc1-c1cccc(OC)n1. The highest BCUT2D eigenvalue weighted by atomic mass is 35.5. The Morgan fingerprint density at radius 3 is 2.53 bits per heavy atom. The molecule has 0 bridgehead atoms. The summed E-state index contributed by atoms with van der Waals surface area (Å²) in [6, 6.07) is 5.27. The van der Waals surface area contributed by atoms with E-state index in [1.807, 2.05) is 0 Å². The fourth-order valence-corrected chi connectivity index (χ4v) is 4.56. The number of anilines is 1. The highest BCUT2D eigenvalue weighted by molar-refractivity contribution is 7.93. The third-order valence-corrected chi connectivity index (χ3v) is 7.08. The molecule has 34 heavy (non-hydrogen) atoms. The summed E-state index contributed by atoms with van der Waals surface area (Å²) < 4.78 is 41.5. The molecule has 0 aliphatic carbocycles. The lowest BCUT2D eigenvalue weighted by molar-refractivity contribution is 0.0950.